The van der Waals surface area contributed by atoms with Gasteiger partial charge in [-0.05, 0) is 61.6 Å². The zero-order chi connectivity index (χ0) is 21.3. The summed E-state index contributed by atoms with van der Waals surface area (Å²) in [5.74, 6) is 2.92. The molecule has 2 aliphatic rings. The number of amides is 1. The van der Waals surface area contributed by atoms with Gasteiger partial charge in [0.25, 0.3) is 0 Å². The van der Waals surface area contributed by atoms with Gasteiger partial charge in [-0.1, -0.05) is 18.2 Å². The van der Waals surface area contributed by atoms with Crippen molar-refractivity contribution in [1.29, 1.82) is 0 Å². The van der Waals surface area contributed by atoms with Gasteiger partial charge >= 0.3 is 0 Å². The van der Waals surface area contributed by atoms with Crippen molar-refractivity contribution in [2.24, 2.45) is 0 Å². The first-order chi connectivity index (χ1) is 14.5. The Morgan fingerprint density at radius 1 is 1.13 bits per heavy atom. The second kappa shape index (κ2) is 8.56. The van der Waals surface area contributed by atoms with Crippen molar-refractivity contribution in [2.45, 2.75) is 38.3 Å². The van der Waals surface area contributed by atoms with E-state index in [1.807, 2.05) is 44.0 Å². The molecule has 1 amide bonds. The van der Waals surface area contributed by atoms with E-state index in [2.05, 4.69) is 29.2 Å². The fourth-order valence-corrected chi connectivity index (χ4v) is 4.23. The highest BCUT2D eigenvalue weighted by Gasteiger charge is 2.36. The highest BCUT2D eigenvalue weighted by atomic mass is 16.7. The van der Waals surface area contributed by atoms with Crippen LogP contribution in [0.4, 0.5) is 0 Å². The summed E-state index contributed by atoms with van der Waals surface area (Å²) in [4.78, 5) is 17.0. The molecule has 0 bridgehead atoms. The molecule has 6 heteroatoms. The van der Waals surface area contributed by atoms with Gasteiger partial charge < -0.3 is 19.1 Å². The van der Waals surface area contributed by atoms with E-state index in [1.165, 1.54) is 11.1 Å². The van der Waals surface area contributed by atoms with E-state index in [-0.39, 0.29) is 24.8 Å². The summed E-state index contributed by atoms with van der Waals surface area (Å²) in [6.45, 7) is 5.59. The lowest BCUT2D eigenvalue weighted by Crippen LogP contribution is -2.41. The first-order valence-electron chi connectivity index (χ1n) is 10.5. The molecule has 160 valence electrons. The number of carbonyl (C=O) groups excluding carboxylic acids is 1. The van der Waals surface area contributed by atoms with Crippen molar-refractivity contribution in [3.63, 3.8) is 0 Å². The van der Waals surface area contributed by atoms with Gasteiger partial charge in [-0.15, -0.1) is 0 Å². The lowest BCUT2D eigenvalue weighted by atomic mass is 9.93. The predicted molar refractivity (Wildman–Crippen MR) is 115 cm³/mol. The molecule has 4 rings (SSSR count). The number of ether oxygens (including phenoxy) is 3. The molecule has 6 nitrogen and oxygen atoms in total. The number of benzene rings is 2. The third kappa shape index (κ3) is 4.10. The molecule has 0 saturated carbocycles. The van der Waals surface area contributed by atoms with Gasteiger partial charge in [-0.3, -0.25) is 9.69 Å². The number of nitrogens with zero attached hydrogens (tertiary/aromatic N) is 2. The van der Waals surface area contributed by atoms with Gasteiger partial charge in [-0.2, -0.15) is 0 Å². The summed E-state index contributed by atoms with van der Waals surface area (Å²) in [5, 5.41) is 0. The van der Waals surface area contributed by atoms with Crippen LogP contribution in [0.25, 0.3) is 0 Å². The average Bonchev–Trinajstić information content (AvgIpc) is 3.39. The molecule has 0 spiro atoms. The summed E-state index contributed by atoms with van der Waals surface area (Å²) >= 11 is 0. The van der Waals surface area contributed by atoms with Crippen LogP contribution in [0.1, 0.15) is 43.4 Å². The standard InChI is InChI=1S/C24H30N2O4/c1-16(2)25(3)24(27)14-26-13-19(18-7-10-22-23(12-18)30-15-29-22)11-21(26)17-5-8-20(28-4)9-6-17/h5-10,12,16,19,21H,11,13-15H2,1-4H3/t19-,21+/m0/s1. The minimum Gasteiger partial charge on any atom is -0.497 e. The normalized spacial score (nSPS) is 20.6. The summed E-state index contributed by atoms with van der Waals surface area (Å²) in [6.07, 6.45) is 0.949. The number of likely N-dealkylation sites (N-methyl/N-ethyl adjacent to an activating group) is 1. The van der Waals surface area contributed by atoms with E-state index in [9.17, 15) is 4.79 Å². The number of methoxy groups -OCH3 is 1. The van der Waals surface area contributed by atoms with Gasteiger partial charge in [0, 0.05) is 25.7 Å². The Balaban J connectivity index is 1.58. The van der Waals surface area contributed by atoms with Gasteiger partial charge in [-0.25, -0.2) is 0 Å². The van der Waals surface area contributed by atoms with Crippen molar-refractivity contribution in [1.82, 2.24) is 9.80 Å². The van der Waals surface area contributed by atoms with E-state index in [1.54, 1.807) is 7.11 Å². The molecule has 0 aromatic heterocycles. The fraction of sp³-hybridized carbons (Fsp3) is 0.458. The zero-order valence-corrected chi connectivity index (χ0v) is 18.1. The van der Waals surface area contributed by atoms with Crippen LogP contribution >= 0.6 is 0 Å². The Morgan fingerprint density at radius 2 is 1.83 bits per heavy atom. The minimum atomic E-state index is 0.148. The molecule has 2 aromatic rings. The molecular formula is C24H30N2O4. The van der Waals surface area contributed by atoms with E-state index in [4.69, 9.17) is 14.2 Å². The fourth-order valence-electron chi connectivity index (χ4n) is 4.23. The first kappa shape index (κ1) is 20.5. The van der Waals surface area contributed by atoms with Crippen LogP contribution in [0.3, 0.4) is 0 Å². The van der Waals surface area contributed by atoms with Crippen LogP contribution < -0.4 is 14.2 Å². The third-order valence-corrected chi connectivity index (χ3v) is 6.28. The molecule has 0 aliphatic carbocycles. The van der Waals surface area contributed by atoms with E-state index < -0.39 is 0 Å². The van der Waals surface area contributed by atoms with Crippen molar-refractivity contribution in [2.75, 3.05) is 34.0 Å². The van der Waals surface area contributed by atoms with Gasteiger partial charge in [0.15, 0.2) is 11.5 Å². The van der Waals surface area contributed by atoms with E-state index in [0.29, 0.717) is 12.5 Å². The topological polar surface area (TPSA) is 51.2 Å². The molecule has 0 N–H and O–H groups in total. The first-order valence-corrected chi connectivity index (χ1v) is 10.5. The maximum absolute atomic E-state index is 12.8. The molecule has 30 heavy (non-hydrogen) atoms. The number of hydrogen-bond acceptors (Lipinski definition) is 5. The summed E-state index contributed by atoms with van der Waals surface area (Å²) < 4.78 is 16.3. The lowest BCUT2D eigenvalue weighted by molar-refractivity contribution is -0.132. The minimum absolute atomic E-state index is 0.148. The number of fused-ring (bicyclic) bond motifs is 1. The Bertz CT molecular complexity index is 897. The van der Waals surface area contributed by atoms with Crippen molar-refractivity contribution in [3.05, 3.63) is 53.6 Å². The molecule has 2 heterocycles. The van der Waals surface area contributed by atoms with Crippen molar-refractivity contribution < 1.29 is 19.0 Å². The molecule has 2 aromatic carbocycles. The molecule has 0 radical (unpaired) electrons. The summed E-state index contributed by atoms with van der Waals surface area (Å²) in [7, 11) is 3.55. The third-order valence-electron chi connectivity index (χ3n) is 6.28. The van der Waals surface area contributed by atoms with E-state index >= 15 is 0 Å². The number of rotatable bonds is 6. The van der Waals surface area contributed by atoms with Crippen LogP contribution in [0.2, 0.25) is 0 Å². The second-order valence-electron chi connectivity index (χ2n) is 8.36. The molecule has 1 fully saturated rings. The number of carbonyl (C=O) groups is 1. The van der Waals surface area contributed by atoms with Crippen LogP contribution in [-0.2, 0) is 4.79 Å². The SMILES string of the molecule is COc1ccc([C@H]2C[C@H](c3ccc4c(c3)OCO4)CN2CC(=O)N(C)C(C)C)cc1. The highest BCUT2D eigenvalue weighted by Crippen LogP contribution is 2.43. The Labute approximate surface area is 178 Å². The van der Waals surface area contributed by atoms with Crippen molar-refractivity contribution >= 4 is 5.91 Å². The molecule has 2 atom stereocenters. The average molecular weight is 411 g/mol. The molecule has 0 unspecified atom stereocenters. The monoisotopic (exact) mass is 410 g/mol. The van der Waals surface area contributed by atoms with E-state index in [0.717, 1.165) is 30.2 Å². The van der Waals surface area contributed by atoms with Gasteiger partial charge in [0.1, 0.15) is 5.75 Å². The molecular weight excluding hydrogens is 380 g/mol. The van der Waals surface area contributed by atoms with Crippen molar-refractivity contribution in [3.8, 4) is 17.2 Å². The maximum Gasteiger partial charge on any atom is 0.236 e. The largest absolute Gasteiger partial charge is 0.497 e. The van der Waals surface area contributed by atoms with Gasteiger partial charge in [0.05, 0.1) is 13.7 Å². The zero-order valence-electron chi connectivity index (χ0n) is 18.1. The quantitative estimate of drug-likeness (QED) is 0.725. The van der Waals surface area contributed by atoms with Crippen LogP contribution in [0.5, 0.6) is 17.2 Å². The predicted octanol–water partition coefficient (Wildman–Crippen LogP) is 3.82. The summed E-state index contributed by atoms with van der Waals surface area (Å²) in [5.41, 5.74) is 2.43. The maximum atomic E-state index is 12.8. The molecule has 2 aliphatic heterocycles. The Morgan fingerprint density at radius 3 is 2.53 bits per heavy atom. The number of hydrogen-bond donors (Lipinski definition) is 0. The smallest absolute Gasteiger partial charge is 0.236 e. The lowest BCUT2D eigenvalue weighted by Gasteiger charge is -2.28. The highest BCUT2D eigenvalue weighted by molar-refractivity contribution is 5.78. The van der Waals surface area contributed by atoms with Gasteiger partial charge in [0.2, 0.25) is 12.7 Å². The number of likely N-dealkylation sites (tertiary alicyclic amines) is 1. The van der Waals surface area contributed by atoms with Crippen LogP contribution in [0.15, 0.2) is 42.5 Å². The summed E-state index contributed by atoms with van der Waals surface area (Å²) in [6, 6.07) is 14.7. The Hall–Kier alpha value is -2.73. The molecule has 1 saturated heterocycles. The Kier molecular flexibility index (Phi) is 5.86. The second-order valence-corrected chi connectivity index (χ2v) is 8.36. The van der Waals surface area contributed by atoms with Crippen LogP contribution in [-0.4, -0.2) is 55.8 Å². The van der Waals surface area contributed by atoms with Crippen LogP contribution in [0, 0.1) is 0 Å².